The summed E-state index contributed by atoms with van der Waals surface area (Å²) >= 11 is 0. The van der Waals surface area contributed by atoms with Crippen molar-refractivity contribution in [2.75, 3.05) is 6.61 Å². The molecule has 15 heavy (non-hydrogen) atoms. The lowest BCUT2D eigenvalue weighted by atomic mass is 9.86. The van der Waals surface area contributed by atoms with Crippen molar-refractivity contribution in [3.8, 4) is 6.01 Å². The van der Waals surface area contributed by atoms with Gasteiger partial charge in [-0.3, -0.25) is 0 Å². The Labute approximate surface area is 95.7 Å². The molecule has 0 bridgehead atoms. The van der Waals surface area contributed by atoms with Gasteiger partial charge in [-0.25, -0.2) is 4.98 Å². The van der Waals surface area contributed by atoms with Crippen molar-refractivity contribution in [1.82, 2.24) is 9.97 Å². The van der Waals surface area contributed by atoms with Crippen LogP contribution in [0.2, 0.25) is 0 Å². The van der Waals surface area contributed by atoms with Gasteiger partial charge in [0.25, 0.3) is 0 Å². The van der Waals surface area contributed by atoms with Crippen LogP contribution in [0, 0.1) is 5.92 Å². The van der Waals surface area contributed by atoms with E-state index in [1.165, 1.54) is 19.3 Å². The van der Waals surface area contributed by atoms with Gasteiger partial charge in [-0.2, -0.15) is 4.98 Å². The zero-order valence-electron chi connectivity index (χ0n) is 8.56. The number of hydrogen-bond acceptors (Lipinski definition) is 4. The maximum Gasteiger partial charge on any atom is 0.316 e. The van der Waals surface area contributed by atoms with Gasteiger partial charge in [0.05, 0.1) is 12.3 Å². The summed E-state index contributed by atoms with van der Waals surface area (Å²) in [6, 6.07) is 2.26. The Hall–Kier alpha value is -0.870. The molecule has 0 saturated heterocycles. The van der Waals surface area contributed by atoms with Crippen molar-refractivity contribution in [2.45, 2.75) is 25.8 Å². The molecule has 0 spiro atoms. The lowest BCUT2D eigenvalue weighted by Gasteiger charge is -2.24. The Morgan fingerprint density at radius 3 is 2.87 bits per heavy atom. The largest absolute Gasteiger partial charge is 0.463 e. The minimum absolute atomic E-state index is 0. The second kappa shape index (κ2) is 5.88. The molecule has 4 nitrogen and oxygen atoms in total. The Bertz CT molecular complexity index is 304. The van der Waals surface area contributed by atoms with Gasteiger partial charge in [0.1, 0.15) is 0 Å². The molecule has 2 rings (SSSR count). The fourth-order valence-corrected chi connectivity index (χ4v) is 1.41. The van der Waals surface area contributed by atoms with E-state index < -0.39 is 0 Å². The first-order valence-electron chi connectivity index (χ1n) is 5.03. The zero-order chi connectivity index (χ0) is 9.80. The van der Waals surface area contributed by atoms with Gasteiger partial charge in [0.15, 0.2) is 0 Å². The number of halogens is 1. The zero-order valence-corrected chi connectivity index (χ0v) is 9.37. The van der Waals surface area contributed by atoms with Gasteiger partial charge in [-0.1, -0.05) is 6.42 Å². The van der Waals surface area contributed by atoms with Crippen LogP contribution in [0.3, 0.4) is 0 Å². The maximum absolute atomic E-state index is 5.47. The van der Waals surface area contributed by atoms with Gasteiger partial charge in [-0.15, -0.1) is 12.4 Å². The van der Waals surface area contributed by atoms with Crippen LogP contribution in [-0.2, 0) is 6.54 Å². The van der Waals surface area contributed by atoms with Gasteiger partial charge in [-0.05, 0) is 24.8 Å². The molecule has 84 valence electrons. The number of nitrogens with two attached hydrogens (primary N) is 1. The van der Waals surface area contributed by atoms with Crippen molar-refractivity contribution < 1.29 is 4.74 Å². The molecule has 0 amide bonds. The Kier molecular flexibility index (Phi) is 4.78. The van der Waals surface area contributed by atoms with Crippen molar-refractivity contribution in [3.63, 3.8) is 0 Å². The number of nitrogens with zero attached hydrogens (tertiary/aromatic N) is 2. The molecule has 1 aliphatic rings. The molecule has 5 heteroatoms. The van der Waals surface area contributed by atoms with E-state index in [4.69, 9.17) is 10.5 Å². The average Bonchev–Trinajstić information content (AvgIpc) is 2.16. The molecule has 1 heterocycles. The van der Waals surface area contributed by atoms with Crippen LogP contribution in [0.5, 0.6) is 6.01 Å². The Morgan fingerprint density at radius 1 is 1.47 bits per heavy atom. The normalized spacial score (nSPS) is 15.3. The first kappa shape index (κ1) is 12.2. The number of hydrogen-bond donors (Lipinski definition) is 1. The molecule has 1 saturated carbocycles. The van der Waals surface area contributed by atoms with Crippen molar-refractivity contribution in [3.05, 3.63) is 18.0 Å². The second-order valence-electron chi connectivity index (χ2n) is 3.64. The SMILES string of the molecule is Cl.NCc1ccnc(OCC2CCC2)n1. The van der Waals surface area contributed by atoms with Crippen molar-refractivity contribution in [1.29, 1.82) is 0 Å². The summed E-state index contributed by atoms with van der Waals surface area (Å²) in [5.41, 5.74) is 6.29. The van der Waals surface area contributed by atoms with Crippen LogP contribution in [-0.4, -0.2) is 16.6 Å². The summed E-state index contributed by atoms with van der Waals surface area (Å²) in [5, 5.41) is 0. The molecular weight excluding hydrogens is 214 g/mol. The van der Waals surface area contributed by atoms with Gasteiger partial charge >= 0.3 is 6.01 Å². The van der Waals surface area contributed by atoms with E-state index in [0.717, 1.165) is 12.3 Å². The van der Waals surface area contributed by atoms with E-state index in [0.29, 0.717) is 18.5 Å². The number of ether oxygens (including phenoxy) is 1. The molecule has 0 atom stereocenters. The second-order valence-corrected chi connectivity index (χ2v) is 3.64. The fourth-order valence-electron chi connectivity index (χ4n) is 1.41. The van der Waals surface area contributed by atoms with Gasteiger partial charge in [0.2, 0.25) is 0 Å². The highest BCUT2D eigenvalue weighted by molar-refractivity contribution is 5.85. The molecule has 0 unspecified atom stereocenters. The third-order valence-electron chi connectivity index (χ3n) is 2.57. The Morgan fingerprint density at radius 2 is 2.27 bits per heavy atom. The summed E-state index contributed by atoms with van der Waals surface area (Å²) < 4.78 is 5.47. The Balaban J connectivity index is 0.00000112. The minimum atomic E-state index is 0. The highest BCUT2D eigenvalue weighted by atomic mass is 35.5. The molecule has 0 aromatic carbocycles. The van der Waals surface area contributed by atoms with Crippen LogP contribution < -0.4 is 10.5 Å². The summed E-state index contributed by atoms with van der Waals surface area (Å²) in [6.07, 6.45) is 5.57. The lowest BCUT2D eigenvalue weighted by molar-refractivity contribution is 0.170. The minimum Gasteiger partial charge on any atom is -0.463 e. The molecule has 2 N–H and O–H groups in total. The van der Waals surface area contributed by atoms with E-state index in [9.17, 15) is 0 Å². The van der Waals surface area contributed by atoms with Crippen molar-refractivity contribution in [2.24, 2.45) is 11.7 Å². The van der Waals surface area contributed by atoms with Gasteiger partial charge in [0, 0.05) is 12.7 Å². The molecule has 1 aliphatic carbocycles. The number of aromatic nitrogens is 2. The summed E-state index contributed by atoms with van der Waals surface area (Å²) in [7, 11) is 0. The molecule has 1 aromatic rings. The van der Waals surface area contributed by atoms with E-state index in [1.54, 1.807) is 12.3 Å². The molecular formula is C10H16ClN3O. The standard InChI is InChI=1S/C10H15N3O.ClH/c11-6-9-4-5-12-10(13-9)14-7-8-2-1-3-8;/h4-5,8H,1-3,6-7,11H2;1H. The summed E-state index contributed by atoms with van der Waals surface area (Å²) in [6.45, 7) is 1.18. The van der Waals surface area contributed by atoms with Crippen LogP contribution in [0.1, 0.15) is 25.0 Å². The third kappa shape index (κ3) is 3.32. The quantitative estimate of drug-likeness (QED) is 0.851. The highest BCUT2D eigenvalue weighted by Gasteiger charge is 2.18. The lowest BCUT2D eigenvalue weighted by Crippen LogP contribution is -2.20. The van der Waals surface area contributed by atoms with Crippen LogP contribution in [0.25, 0.3) is 0 Å². The average molecular weight is 230 g/mol. The summed E-state index contributed by atoms with van der Waals surface area (Å²) in [4.78, 5) is 8.19. The van der Waals surface area contributed by atoms with Crippen LogP contribution >= 0.6 is 12.4 Å². The van der Waals surface area contributed by atoms with E-state index in [-0.39, 0.29) is 12.4 Å². The predicted octanol–water partition coefficient (Wildman–Crippen LogP) is 1.54. The fraction of sp³-hybridized carbons (Fsp3) is 0.600. The van der Waals surface area contributed by atoms with E-state index in [2.05, 4.69) is 9.97 Å². The molecule has 1 aromatic heterocycles. The van der Waals surface area contributed by atoms with Crippen molar-refractivity contribution >= 4 is 12.4 Å². The monoisotopic (exact) mass is 229 g/mol. The van der Waals surface area contributed by atoms with Gasteiger partial charge < -0.3 is 10.5 Å². The predicted molar refractivity (Wildman–Crippen MR) is 60.0 cm³/mol. The first-order chi connectivity index (χ1) is 6.88. The van der Waals surface area contributed by atoms with Crippen LogP contribution in [0.15, 0.2) is 12.3 Å². The molecule has 1 fully saturated rings. The topological polar surface area (TPSA) is 61.0 Å². The van der Waals surface area contributed by atoms with E-state index >= 15 is 0 Å². The number of rotatable bonds is 4. The first-order valence-corrected chi connectivity index (χ1v) is 5.03. The third-order valence-corrected chi connectivity index (χ3v) is 2.57. The van der Waals surface area contributed by atoms with E-state index in [1.807, 2.05) is 0 Å². The highest BCUT2D eigenvalue weighted by Crippen LogP contribution is 2.26. The smallest absolute Gasteiger partial charge is 0.316 e. The van der Waals surface area contributed by atoms with Crippen LogP contribution in [0.4, 0.5) is 0 Å². The molecule has 0 aliphatic heterocycles. The molecule has 0 radical (unpaired) electrons. The summed E-state index contributed by atoms with van der Waals surface area (Å²) in [5.74, 6) is 0.708. The maximum atomic E-state index is 5.47.